The SMILES string of the molecule is CC(C)c1cc2c(-c3ccc(C(C)(C)C)cc3)cccc2[cH-]1.Cc1cc(C)cc(-c2ccc(C)c3[cH-]c(C)cc23)c1.Cl.Cl.[CH3-].[CH3-].[Si]=[Zr]. The summed E-state index contributed by atoms with van der Waals surface area (Å²) in [5.74, 6) is 0.573. The van der Waals surface area contributed by atoms with Gasteiger partial charge in [-0.3, -0.25) is 0 Å². The zero-order valence-corrected chi connectivity index (χ0v) is 35.2. The normalized spacial score (nSPS) is 10.3. The van der Waals surface area contributed by atoms with Gasteiger partial charge < -0.3 is 14.9 Å². The van der Waals surface area contributed by atoms with Crippen LogP contribution in [0.1, 0.15) is 73.9 Å². The van der Waals surface area contributed by atoms with E-state index >= 15 is 0 Å². The van der Waals surface area contributed by atoms with E-state index in [1.807, 2.05) is 0 Å². The molecule has 0 nitrogen and oxygen atoms in total. The number of halogens is 2. The van der Waals surface area contributed by atoms with Gasteiger partial charge >= 0.3 is 30.2 Å². The predicted molar refractivity (Wildman–Crippen MR) is 215 cm³/mol. The van der Waals surface area contributed by atoms with Crippen LogP contribution in [0.2, 0.25) is 0 Å². The van der Waals surface area contributed by atoms with Crippen molar-refractivity contribution in [2.45, 2.75) is 73.6 Å². The molecule has 6 aromatic carbocycles. The van der Waals surface area contributed by atoms with E-state index in [2.05, 4.69) is 166 Å². The maximum absolute atomic E-state index is 3.06. The summed E-state index contributed by atoms with van der Waals surface area (Å²) in [6, 6.07) is 36.2. The summed E-state index contributed by atoms with van der Waals surface area (Å²) >= 11 is 1.36. The standard InChI is InChI=1S/C22H25.C19H19.2CH3.2ClH.Si.Zr/c1-15(2)18-13-17-7-6-8-20(21(17)14-18)16-9-11-19(12-10-16)22(3,4)5;1-12-7-13(2)9-16(8-12)17-6-5-15(4)18-10-14(3)11-19(17)18;;;;;;/h6-15H,1-5H3;5-11H,1-4H3;2*1H3;2*1H;;/q4*-1;;;;. The van der Waals surface area contributed by atoms with Crippen molar-refractivity contribution in [3.8, 4) is 22.3 Å². The Labute approximate surface area is 315 Å². The molecule has 0 aliphatic carbocycles. The van der Waals surface area contributed by atoms with Crippen LogP contribution in [0.4, 0.5) is 0 Å². The summed E-state index contributed by atoms with van der Waals surface area (Å²) < 4.78 is 0. The number of benzene rings is 4. The summed E-state index contributed by atoms with van der Waals surface area (Å²) in [6.45, 7) is 23.0. The van der Waals surface area contributed by atoms with Gasteiger partial charge in [0.05, 0.1) is 0 Å². The van der Waals surface area contributed by atoms with Gasteiger partial charge in [-0.2, -0.15) is 12.1 Å². The number of aryl methyl sites for hydroxylation is 4. The molecule has 0 aromatic heterocycles. The number of hydrogen-bond acceptors (Lipinski definition) is 0. The molecule has 2 radical (unpaired) electrons. The number of fused-ring (bicyclic) bond motifs is 2. The van der Waals surface area contributed by atoms with Crippen molar-refractivity contribution in [1.29, 1.82) is 0 Å². The molecule has 0 amide bonds. The molecular weight excluding hydrogens is 707 g/mol. The zero-order valence-electron chi connectivity index (χ0n) is 30.1. The van der Waals surface area contributed by atoms with Gasteiger partial charge in [0.2, 0.25) is 0 Å². The van der Waals surface area contributed by atoms with Crippen LogP contribution in [0.25, 0.3) is 43.8 Å². The second kappa shape index (κ2) is 19.1. The van der Waals surface area contributed by atoms with Crippen molar-refractivity contribution < 1.29 is 23.3 Å². The molecule has 0 spiro atoms. The Morgan fingerprint density at radius 1 is 0.638 bits per heavy atom. The first-order valence-electron chi connectivity index (χ1n) is 15.2. The minimum atomic E-state index is 0. The van der Waals surface area contributed by atoms with Gasteiger partial charge in [0.1, 0.15) is 0 Å². The Balaban J connectivity index is 0.000000797. The van der Waals surface area contributed by atoms with Gasteiger partial charge in [-0.15, -0.1) is 93.4 Å². The summed E-state index contributed by atoms with van der Waals surface area (Å²) in [5.41, 5.74) is 13.7. The molecule has 47 heavy (non-hydrogen) atoms. The average molecular weight is 759 g/mol. The molecule has 0 atom stereocenters. The van der Waals surface area contributed by atoms with E-state index in [0.717, 1.165) is 0 Å². The summed E-state index contributed by atoms with van der Waals surface area (Å²) in [5, 5.41) is 5.48. The number of rotatable bonds is 3. The van der Waals surface area contributed by atoms with E-state index < -0.39 is 0 Å². The molecule has 0 unspecified atom stereocenters. The van der Waals surface area contributed by atoms with Gasteiger partial charge in [0.15, 0.2) is 0 Å². The summed E-state index contributed by atoms with van der Waals surface area (Å²) in [7, 11) is 0. The van der Waals surface area contributed by atoms with Crippen molar-refractivity contribution >= 4 is 53.2 Å². The van der Waals surface area contributed by atoms with E-state index in [4.69, 9.17) is 0 Å². The third-order valence-electron chi connectivity index (χ3n) is 8.28. The van der Waals surface area contributed by atoms with Crippen molar-refractivity contribution in [3.63, 3.8) is 0 Å². The third kappa shape index (κ3) is 10.6. The molecular formula is C43H52Cl2SiZr-4. The predicted octanol–water partition coefficient (Wildman–Crippen LogP) is 13.5. The van der Waals surface area contributed by atoms with Crippen molar-refractivity contribution in [2.75, 3.05) is 0 Å². The Morgan fingerprint density at radius 2 is 1.21 bits per heavy atom. The second-order valence-corrected chi connectivity index (χ2v) is 13.2. The van der Waals surface area contributed by atoms with Gasteiger partial charge in [0.25, 0.3) is 0 Å². The van der Waals surface area contributed by atoms with Crippen LogP contribution >= 0.6 is 24.8 Å². The number of hydrogen-bond donors (Lipinski definition) is 0. The van der Waals surface area contributed by atoms with E-state index in [1.54, 1.807) is 0 Å². The molecule has 250 valence electrons. The first-order chi connectivity index (χ1) is 20.4. The van der Waals surface area contributed by atoms with Gasteiger partial charge in [0, 0.05) is 0 Å². The Morgan fingerprint density at radius 3 is 1.77 bits per heavy atom. The molecule has 6 aromatic rings. The zero-order chi connectivity index (χ0) is 31.5. The van der Waals surface area contributed by atoms with Crippen LogP contribution in [0.15, 0.2) is 97.1 Å². The first-order valence-corrected chi connectivity index (χ1v) is 19.4. The fourth-order valence-corrected chi connectivity index (χ4v) is 5.96. The Hall–Kier alpha value is -2.22. The average Bonchev–Trinajstić information content (AvgIpc) is 3.58. The molecule has 4 heteroatoms. The Kier molecular flexibility index (Phi) is 18.2. The molecule has 6 rings (SSSR count). The first kappa shape index (κ1) is 44.8. The Bertz CT molecular complexity index is 1830. The monoisotopic (exact) mass is 756 g/mol. The fraction of sp³-hybridized carbons (Fsp3) is 0.256. The molecule has 0 fully saturated rings. The maximum atomic E-state index is 3.06. The van der Waals surface area contributed by atoms with Crippen LogP contribution in [0, 0.1) is 42.5 Å². The minimum absolute atomic E-state index is 0. The van der Waals surface area contributed by atoms with E-state index in [-0.39, 0.29) is 45.1 Å². The van der Waals surface area contributed by atoms with Gasteiger partial charge in [-0.05, 0) is 41.9 Å². The van der Waals surface area contributed by atoms with Crippen molar-refractivity contribution in [1.82, 2.24) is 0 Å². The third-order valence-corrected chi connectivity index (χ3v) is 8.28. The van der Waals surface area contributed by atoms with Crippen LogP contribution in [-0.4, -0.2) is 6.88 Å². The van der Waals surface area contributed by atoms with E-state index in [9.17, 15) is 0 Å². The van der Waals surface area contributed by atoms with E-state index in [1.165, 1.54) is 101 Å². The van der Waals surface area contributed by atoms with Crippen LogP contribution in [0.5, 0.6) is 0 Å². The molecule has 0 bridgehead atoms. The van der Waals surface area contributed by atoms with Crippen molar-refractivity contribution in [2.24, 2.45) is 0 Å². The molecule has 0 N–H and O–H groups in total. The molecule has 0 aliphatic rings. The van der Waals surface area contributed by atoms with Gasteiger partial charge in [-0.1, -0.05) is 125 Å². The van der Waals surface area contributed by atoms with Crippen LogP contribution in [0.3, 0.4) is 0 Å². The molecule has 0 heterocycles. The summed E-state index contributed by atoms with van der Waals surface area (Å²) in [4.78, 5) is 0. The quantitative estimate of drug-likeness (QED) is 0.125. The molecule has 0 aliphatic heterocycles. The second-order valence-electron chi connectivity index (χ2n) is 13.2. The van der Waals surface area contributed by atoms with Crippen molar-refractivity contribution in [3.05, 3.63) is 145 Å². The molecule has 0 saturated heterocycles. The fourth-order valence-electron chi connectivity index (χ4n) is 5.96. The topological polar surface area (TPSA) is 0 Å². The van der Waals surface area contributed by atoms with E-state index in [0.29, 0.717) is 5.92 Å². The van der Waals surface area contributed by atoms with Gasteiger partial charge in [-0.25, -0.2) is 0 Å². The van der Waals surface area contributed by atoms with Crippen LogP contribution < -0.4 is 0 Å². The van der Waals surface area contributed by atoms with Crippen LogP contribution in [-0.2, 0) is 28.8 Å². The molecule has 0 saturated carbocycles. The summed E-state index contributed by atoms with van der Waals surface area (Å²) in [6.07, 6.45) is 0.